The number of thioether (sulfide) groups is 1. The van der Waals surface area contributed by atoms with Gasteiger partial charge in [-0.15, -0.1) is 0 Å². The average molecular weight is 284 g/mol. The lowest BCUT2D eigenvalue weighted by atomic mass is 10.0. The monoisotopic (exact) mass is 284 g/mol. The Labute approximate surface area is 116 Å². The molecule has 1 rings (SSSR count). The normalized spacial score (nSPS) is 12.7. The molecule has 2 N–H and O–H groups in total. The topological polar surface area (TPSA) is 83.0 Å². The highest BCUT2D eigenvalue weighted by atomic mass is 32.2. The first kappa shape index (κ1) is 15.8. The number of hydrogen-bond donors (Lipinski definition) is 2. The maximum absolute atomic E-state index is 12.0. The van der Waals surface area contributed by atoms with Crippen molar-refractivity contribution >= 4 is 17.7 Å². The summed E-state index contributed by atoms with van der Waals surface area (Å²) in [7, 11) is 0. The van der Waals surface area contributed by atoms with Crippen molar-refractivity contribution in [2.75, 3.05) is 0 Å². The highest BCUT2D eigenvalue weighted by Gasteiger charge is 2.16. The van der Waals surface area contributed by atoms with Gasteiger partial charge in [-0.1, -0.05) is 25.6 Å². The van der Waals surface area contributed by atoms with E-state index in [9.17, 15) is 9.59 Å². The molecular formula is C13H20N2O3S. The van der Waals surface area contributed by atoms with Crippen LogP contribution in [0.1, 0.15) is 38.4 Å². The third-order valence-electron chi connectivity index (χ3n) is 2.81. The molecule has 0 aliphatic heterocycles. The third kappa shape index (κ3) is 4.70. The number of nitrogens with one attached hydrogen (secondary N) is 1. The van der Waals surface area contributed by atoms with Crippen LogP contribution in [0.4, 0.5) is 0 Å². The molecule has 0 aliphatic carbocycles. The molecule has 0 aromatic carbocycles. The number of carboxylic acid groups (broad SMARTS) is 1. The second-order valence-electron chi connectivity index (χ2n) is 4.97. The molecule has 1 heterocycles. The molecule has 0 amide bonds. The zero-order valence-electron chi connectivity index (χ0n) is 11.7. The molecule has 0 saturated carbocycles. The summed E-state index contributed by atoms with van der Waals surface area (Å²) < 4.78 is 0. The summed E-state index contributed by atoms with van der Waals surface area (Å²) in [6.45, 7) is 7.57. The second-order valence-corrected chi connectivity index (χ2v) is 6.30. The number of nitrogens with zero attached hydrogens (tertiary/aromatic N) is 1. The Morgan fingerprint density at radius 2 is 2.05 bits per heavy atom. The Balaban J connectivity index is 2.91. The fourth-order valence-electron chi connectivity index (χ4n) is 1.59. The van der Waals surface area contributed by atoms with E-state index in [2.05, 4.69) is 23.8 Å². The van der Waals surface area contributed by atoms with Crippen molar-refractivity contribution in [2.24, 2.45) is 5.92 Å². The number of hydrogen-bond acceptors (Lipinski definition) is 4. The van der Waals surface area contributed by atoms with Crippen LogP contribution >= 0.6 is 11.8 Å². The molecule has 6 heteroatoms. The molecule has 0 fully saturated rings. The van der Waals surface area contributed by atoms with Gasteiger partial charge >= 0.3 is 5.97 Å². The van der Waals surface area contributed by atoms with E-state index >= 15 is 0 Å². The van der Waals surface area contributed by atoms with Crippen LogP contribution < -0.4 is 5.56 Å². The largest absolute Gasteiger partial charge is 0.480 e. The van der Waals surface area contributed by atoms with E-state index in [1.165, 1.54) is 0 Å². The highest BCUT2D eigenvalue weighted by molar-refractivity contribution is 8.00. The van der Waals surface area contributed by atoms with Crippen molar-refractivity contribution in [3.05, 3.63) is 21.6 Å². The number of rotatable bonds is 6. The van der Waals surface area contributed by atoms with Gasteiger partial charge in [0.1, 0.15) is 5.25 Å². The maximum Gasteiger partial charge on any atom is 0.316 e. The summed E-state index contributed by atoms with van der Waals surface area (Å²) in [6, 6.07) is 0. The highest BCUT2D eigenvalue weighted by Crippen LogP contribution is 2.19. The van der Waals surface area contributed by atoms with Crippen LogP contribution in [0.25, 0.3) is 0 Å². The number of carboxylic acids is 1. The quantitative estimate of drug-likeness (QED) is 0.618. The molecule has 0 radical (unpaired) electrons. The van der Waals surface area contributed by atoms with Crippen LogP contribution in [0.5, 0.6) is 0 Å². The van der Waals surface area contributed by atoms with Gasteiger partial charge in [0.25, 0.3) is 5.56 Å². The van der Waals surface area contributed by atoms with E-state index in [4.69, 9.17) is 5.11 Å². The number of aryl methyl sites for hydroxylation is 1. The van der Waals surface area contributed by atoms with Crippen molar-refractivity contribution in [1.82, 2.24) is 9.97 Å². The Hall–Kier alpha value is -1.30. The molecule has 19 heavy (non-hydrogen) atoms. The lowest BCUT2D eigenvalue weighted by molar-refractivity contribution is -0.136. The van der Waals surface area contributed by atoms with Gasteiger partial charge in [-0.2, -0.15) is 0 Å². The fraction of sp³-hybridized carbons (Fsp3) is 0.615. The van der Waals surface area contributed by atoms with E-state index in [0.29, 0.717) is 28.8 Å². The van der Waals surface area contributed by atoms with Crippen molar-refractivity contribution in [1.29, 1.82) is 0 Å². The average Bonchev–Trinajstić information content (AvgIpc) is 2.27. The Morgan fingerprint density at radius 1 is 1.42 bits per heavy atom. The van der Waals surface area contributed by atoms with Crippen molar-refractivity contribution < 1.29 is 9.90 Å². The molecule has 1 unspecified atom stereocenters. The molecule has 1 aromatic heterocycles. The number of aromatic nitrogens is 2. The van der Waals surface area contributed by atoms with Crippen molar-refractivity contribution in [3.8, 4) is 0 Å². The van der Waals surface area contributed by atoms with Gasteiger partial charge in [-0.05, 0) is 32.6 Å². The van der Waals surface area contributed by atoms with Crippen LogP contribution in [0.15, 0.2) is 9.95 Å². The molecule has 0 spiro atoms. The van der Waals surface area contributed by atoms with Gasteiger partial charge in [-0.3, -0.25) is 9.59 Å². The van der Waals surface area contributed by atoms with E-state index in [1.807, 2.05) is 0 Å². The Bertz CT molecular complexity index is 511. The molecule has 1 atom stereocenters. The zero-order valence-corrected chi connectivity index (χ0v) is 12.5. The van der Waals surface area contributed by atoms with E-state index in [1.54, 1.807) is 13.8 Å². The van der Waals surface area contributed by atoms with Gasteiger partial charge in [0.15, 0.2) is 5.16 Å². The van der Waals surface area contributed by atoms with E-state index in [-0.39, 0.29) is 5.56 Å². The smallest absolute Gasteiger partial charge is 0.316 e. The van der Waals surface area contributed by atoms with E-state index < -0.39 is 11.2 Å². The zero-order chi connectivity index (χ0) is 14.6. The number of aliphatic carboxylic acids is 1. The predicted octanol–water partition coefficient (Wildman–Crippen LogP) is 2.23. The van der Waals surface area contributed by atoms with Gasteiger partial charge in [0.05, 0.1) is 0 Å². The minimum absolute atomic E-state index is 0.159. The predicted molar refractivity (Wildman–Crippen MR) is 75.7 cm³/mol. The summed E-state index contributed by atoms with van der Waals surface area (Å²) in [5, 5.41) is 8.57. The molecule has 0 bridgehead atoms. The van der Waals surface area contributed by atoms with Crippen LogP contribution in [0, 0.1) is 12.8 Å². The SMILES string of the molecule is Cc1nc(SC(C)C(=O)O)[nH]c(=O)c1CCC(C)C. The number of aromatic amines is 1. The van der Waals surface area contributed by atoms with Crippen molar-refractivity contribution in [3.63, 3.8) is 0 Å². The lowest BCUT2D eigenvalue weighted by Crippen LogP contribution is -2.19. The summed E-state index contributed by atoms with van der Waals surface area (Å²) in [5.41, 5.74) is 1.22. The maximum atomic E-state index is 12.0. The first-order valence-corrected chi connectivity index (χ1v) is 7.18. The fourth-order valence-corrected chi connectivity index (χ4v) is 2.36. The standard InChI is InChI=1S/C13H20N2O3S/c1-7(2)5-6-10-8(3)14-13(15-11(10)16)19-9(4)12(17)18/h7,9H,5-6H2,1-4H3,(H,17,18)(H,14,15,16). The molecule has 1 aromatic rings. The summed E-state index contributed by atoms with van der Waals surface area (Å²) >= 11 is 1.05. The minimum Gasteiger partial charge on any atom is -0.480 e. The lowest BCUT2D eigenvalue weighted by Gasteiger charge is -2.09. The van der Waals surface area contributed by atoms with Crippen molar-refractivity contribution in [2.45, 2.75) is 50.9 Å². The summed E-state index contributed by atoms with van der Waals surface area (Å²) in [5.74, 6) is -0.394. The molecule has 0 saturated heterocycles. The third-order valence-corrected chi connectivity index (χ3v) is 3.78. The first-order valence-electron chi connectivity index (χ1n) is 6.30. The summed E-state index contributed by atoms with van der Waals surface area (Å²) in [4.78, 5) is 29.7. The van der Waals surface area contributed by atoms with Crippen LogP contribution in [-0.2, 0) is 11.2 Å². The van der Waals surface area contributed by atoms with Gasteiger partial charge in [0.2, 0.25) is 0 Å². The number of H-pyrrole nitrogens is 1. The van der Waals surface area contributed by atoms with Crippen LogP contribution in [0.2, 0.25) is 0 Å². The van der Waals surface area contributed by atoms with Crippen LogP contribution in [0.3, 0.4) is 0 Å². The second kappa shape index (κ2) is 6.75. The van der Waals surface area contributed by atoms with Crippen LogP contribution in [-0.4, -0.2) is 26.3 Å². The van der Waals surface area contributed by atoms with Gasteiger partial charge in [-0.25, -0.2) is 4.98 Å². The Morgan fingerprint density at radius 3 is 2.53 bits per heavy atom. The molecule has 0 aliphatic rings. The molecule has 106 valence electrons. The molecular weight excluding hydrogens is 264 g/mol. The Kier molecular flexibility index (Phi) is 5.60. The molecule has 5 nitrogen and oxygen atoms in total. The number of carbonyl (C=O) groups is 1. The minimum atomic E-state index is -0.922. The van der Waals surface area contributed by atoms with Gasteiger partial charge in [0, 0.05) is 11.3 Å². The van der Waals surface area contributed by atoms with E-state index in [0.717, 1.165) is 18.2 Å². The van der Waals surface area contributed by atoms with Gasteiger partial charge < -0.3 is 10.1 Å². The summed E-state index contributed by atoms with van der Waals surface area (Å²) in [6.07, 6.45) is 1.63. The first-order chi connectivity index (χ1) is 8.81.